The van der Waals surface area contributed by atoms with Gasteiger partial charge in [0.15, 0.2) is 0 Å². The lowest BCUT2D eigenvalue weighted by atomic mass is 9.85. The predicted octanol–water partition coefficient (Wildman–Crippen LogP) is 3.19. The molecule has 1 aromatic carbocycles. The van der Waals surface area contributed by atoms with Gasteiger partial charge in [-0.2, -0.15) is 0 Å². The molecule has 1 aliphatic rings. The number of nitrogens with zero attached hydrogens (tertiary/aromatic N) is 1. The summed E-state index contributed by atoms with van der Waals surface area (Å²) in [4.78, 5) is 4.41. The molecule has 2 aromatic rings. The topological polar surface area (TPSA) is 34.2 Å². The van der Waals surface area contributed by atoms with E-state index in [1.807, 2.05) is 12.4 Å². The number of hydrogen-bond acceptors (Lipinski definition) is 3. The van der Waals surface area contributed by atoms with E-state index < -0.39 is 0 Å². The average Bonchev–Trinajstić information content (AvgIpc) is 2.46. The van der Waals surface area contributed by atoms with Crippen molar-refractivity contribution in [3.63, 3.8) is 0 Å². The van der Waals surface area contributed by atoms with Crippen LogP contribution in [0.5, 0.6) is 0 Å². The second-order valence-corrected chi connectivity index (χ2v) is 6.48. The standard InChI is InChI=1S/C17H22N2O/c1-17(2,3)15-10-19-9-13-8-12(4-5-14(13)15)16-11-18-6-7-20-16/h4-5,8-10,16,18H,6-7,11H2,1-3H3. The van der Waals surface area contributed by atoms with E-state index in [0.29, 0.717) is 0 Å². The quantitative estimate of drug-likeness (QED) is 0.864. The maximum atomic E-state index is 5.83. The van der Waals surface area contributed by atoms with Crippen molar-refractivity contribution < 1.29 is 4.74 Å². The Morgan fingerprint density at radius 1 is 1.25 bits per heavy atom. The van der Waals surface area contributed by atoms with E-state index in [9.17, 15) is 0 Å². The van der Waals surface area contributed by atoms with E-state index in [-0.39, 0.29) is 11.5 Å². The van der Waals surface area contributed by atoms with Crippen molar-refractivity contribution in [2.45, 2.75) is 32.3 Å². The summed E-state index contributed by atoms with van der Waals surface area (Å²) >= 11 is 0. The Bertz CT molecular complexity index is 610. The third-order valence-electron chi connectivity index (χ3n) is 3.89. The summed E-state index contributed by atoms with van der Waals surface area (Å²) in [6.07, 6.45) is 4.09. The zero-order valence-electron chi connectivity index (χ0n) is 12.4. The lowest BCUT2D eigenvalue weighted by Gasteiger charge is -2.25. The zero-order valence-corrected chi connectivity index (χ0v) is 12.4. The summed E-state index contributed by atoms with van der Waals surface area (Å²) in [5.74, 6) is 0. The molecule has 3 heteroatoms. The molecule has 1 saturated heterocycles. The maximum Gasteiger partial charge on any atom is 0.0950 e. The molecular weight excluding hydrogens is 248 g/mol. The first-order valence-electron chi connectivity index (χ1n) is 7.26. The molecule has 0 bridgehead atoms. The summed E-state index contributed by atoms with van der Waals surface area (Å²) in [5, 5.41) is 5.87. The van der Waals surface area contributed by atoms with Crippen LogP contribution in [-0.2, 0) is 10.2 Å². The number of pyridine rings is 1. The van der Waals surface area contributed by atoms with Crippen molar-refractivity contribution in [2.75, 3.05) is 19.7 Å². The van der Waals surface area contributed by atoms with E-state index in [1.54, 1.807) is 0 Å². The van der Waals surface area contributed by atoms with Crippen molar-refractivity contribution in [3.05, 3.63) is 41.7 Å². The fourth-order valence-electron chi connectivity index (χ4n) is 2.77. The summed E-state index contributed by atoms with van der Waals surface area (Å²) in [5.41, 5.74) is 2.64. The fraction of sp³-hybridized carbons (Fsp3) is 0.471. The highest BCUT2D eigenvalue weighted by Crippen LogP contribution is 2.31. The first-order chi connectivity index (χ1) is 9.55. The molecule has 3 nitrogen and oxygen atoms in total. The van der Waals surface area contributed by atoms with Crippen LogP contribution in [0.25, 0.3) is 10.8 Å². The SMILES string of the molecule is CC(C)(C)c1cncc2cc(C3CNCCO3)ccc12. The predicted molar refractivity (Wildman–Crippen MR) is 82.0 cm³/mol. The van der Waals surface area contributed by atoms with Crippen LogP contribution in [0, 0.1) is 0 Å². The molecule has 1 atom stereocenters. The minimum absolute atomic E-state index is 0.108. The molecule has 1 aliphatic heterocycles. The zero-order chi connectivity index (χ0) is 14.2. The van der Waals surface area contributed by atoms with Gasteiger partial charge in [0.2, 0.25) is 0 Å². The second-order valence-electron chi connectivity index (χ2n) is 6.48. The van der Waals surface area contributed by atoms with Gasteiger partial charge in [-0.1, -0.05) is 32.9 Å². The largest absolute Gasteiger partial charge is 0.371 e. The van der Waals surface area contributed by atoms with Crippen LogP contribution in [0.1, 0.15) is 38.0 Å². The minimum Gasteiger partial charge on any atom is -0.371 e. The van der Waals surface area contributed by atoms with Gasteiger partial charge in [0.05, 0.1) is 12.7 Å². The molecule has 3 rings (SSSR count). The van der Waals surface area contributed by atoms with Crippen LogP contribution >= 0.6 is 0 Å². The minimum atomic E-state index is 0.108. The molecule has 20 heavy (non-hydrogen) atoms. The number of morpholine rings is 1. The molecule has 0 radical (unpaired) electrons. The van der Waals surface area contributed by atoms with Gasteiger partial charge < -0.3 is 10.1 Å². The fourth-order valence-corrected chi connectivity index (χ4v) is 2.77. The monoisotopic (exact) mass is 270 g/mol. The van der Waals surface area contributed by atoms with Crippen molar-refractivity contribution >= 4 is 10.8 Å². The first-order valence-corrected chi connectivity index (χ1v) is 7.26. The molecule has 1 fully saturated rings. The molecule has 1 N–H and O–H groups in total. The molecule has 2 heterocycles. The van der Waals surface area contributed by atoms with Crippen LogP contribution in [0.4, 0.5) is 0 Å². The molecule has 0 saturated carbocycles. The van der Waals surface area contributed by atoms with E-state index in [2.05, 4.69) is 49.3 Å². The first kappa shape index (κ1) is 13.5. The van der Waals surface area contributed by atoms with Crippen molar-refractivity contribution in [1.29, 1.82) is 0 Å². The van der Waals surface area contributed by atoms with Gasteiger partial charge in [-0.05, 0) is 28.0 Å². The lowest BCUT2D eigenvalue weighted by molar-refractivity contribution is 0.0278. The lowest BCUT2D eigenvalue weighted by Crippen LogP contribution is -2.33. The van der Waals surface area contributed by atoms with Gasteiger partial charge in [-0.15, -0.1) is 0 Å². The van der Waals surface area contributed by atoms with Gasteiger partial charge >= 0.3 is 0 Å². The highest BCUT2D eigenvalue weighted by atomic mass is 16.5. The van der Waals surface area contributed by atoms with E-state index in [1.165, 1.54) is 21.9 Å². The van der Waals surface area contributed by atoms with E-state index in [4.69, 9.17) is 4.74 Å². The highest BCUT2D eigenvalue weighted by molar-refractivity contribution is 5.86. The van der Waals surface area contributed by atoms with Crippen molar-refractivity contribution in [3.8, 4) is 0 Å². The Labute approximate surface area is 120 Å². The normalized spacial score (nSPS) is 20.2. The number of benzene rings is 1. The Balaban J connectivity index is 2.04. The number of hydrogen-bond donors (Lipinski definition) is 1. The van der Waals surface area contributed by atoms with Crippen molar-refractivity contribution in [1.82, 2.24) is 10.3 Å². The average molecular weight is 270 g/mol. The summed E-state index contributed by atoms with van der Waals surface area (Å²) in [6, 6.07) is 6.62. The van der Waals surface area contributed by atoms with Gasteiger partial charge in [0.1, 0.15) is 0 Å². The number of ether oxygens (including phenoxy) is 1. The van der Waals surface area contributed by atoms with Crippen LogP contribution in [0.2, 0.25) is 0 Å². The number of rotatable bonds is 1. The highest BCUT2D eigenvalue weighted by Gasteiger charge is 2.19. The van der Waals surface area contributed by atoms with Crippen LogP contribution in [0.15, 0.2) is 30.6 Å². The third-order valence-corrected chi connectivity index (χ3v) is 3.89. The Hall–Kier alpha value is -1.45. The third kappa shape index (κ3) is 2.56. The molecular formula is C17H22N2O. The Morgan fingerprint density at radius 2 is 2.10 bits per heavy atom. The Morgan fingerprint density at radius 3 is 2.80 bits per heavy atom. The second kappa shape index (κ2) is 5.15. The van der Waals surface area contributed by atoms with Gasteiger partial charge in [-0.25, -0.2) is 0 Å². The molecule has 106 valence electrons. The van der Waals surface area contributed by atoms with Gasteiger partial charge in [-0.3, -0.25) is 4.98 Å². The Kier molecular flexibility index (Phi) is 3.48. The number of aromatic nitrogens is 1. The summed E-state index contributed by atoms with van der Waals surface area (Å²) < 4.78 is 5.83. The van der Waals surface area contributed by atoms with E-state index >= 15 is 0 Å². The molecule has 0 aliphatic carbocycles. The summed E-state index contributed by atoms with van der Waals surface area (Å²) in [7, 11) is 0. The van der Waals surface area contributed by atoms with Gasteiger partial charge in [0.25, 0.3) is 0 Å². The number of fused-ring (bicyclic) bond motifs is 1. The van der Waals surface area contributed by atoms with Crippen LogP contribution in [-0.4, -0.2) is 24.7 Å². The van der Waals surface area contributed by atoms with Gasteiger partial charge in [0, 0.05) is 30.9 Å². The molecule has 0 spiro atoms. The summed E-state index contributed by atoms with van der Waals surface area (Å²) in [6.45, 7) is 9.29. The number of nitrogens with one attached hydrogen (secondary N) is 1. The molecule has 1 unspecified atom stereocenters. The van der Waals surface area contributed by atoms with Crippen LogP contribution in [0.3, 0.4) is 0 Å². The molecule has 0 amide bonds. The smallest absolute Gasteiger partial charge is 0.0950 e. The van der Waals surface area contributed by atoms with Crippen LogP contribution < -0.4 is 5.32 Å². The molecule has 1 aromatic heterocycles. The van der Waals surface area contributed by atoms with E-state index in [0.717, 1.165) is 19.7 Å². The van der Waals surface area contributed by atoms with Crippen molar-refractivity contribution in [2.24, 2.45) is 0 Å². The maximum absolute atomic E-state index is 5.83.